The molecule has 1 fully saturated rings. The highest BCUT2D eigenvalue weighted by atomic mass is 16.4. The minimum absolute atomic E-state index is 0.309. The smallest absolute Gasteiger partial charge is 0.326 e. The molecule has 0 aromatic carbocycles. The van der Waals surface area contributed by atoms with Crippen molar-refractivity contribution in [3.8, 4) is 0 Å². The van der Waals surface area contributed by atoms with Crippen molar-refractivity contribution in [2.45, 2.75) is 32.2 Å². The third-order valence-corrected chi connectivity index (χ3v) is 3.03. The Kier molecular flexibility index (Phi) is 3.94. The molecule has 0 saturated heterocycles. The van der Waals surface area contributed by atoms with E-state index in [1.54, 1.807) is 0 Å². The lowest BCUT2D eigenvalue weighted by atomic mass is 9.85. The van der Waals surface area contributed by atoms with E-state index in [0.717, 1.165) is 0 Å². The molecular weight excluding hydrogens is 196 g/mol. The number of nitrogens with zero attached hydrogens (tertiary/aromatic N) is 1. The molecule has 86 valence electrons. The van der Waals surface area contributed by atoms with Gasteiger partial charge in [-0.25, -0.2) is 9.59 Å². The first-order chi connectivity index (χ1) is 7.02. The predicted molar refractivity (Wildman–Crippen MR) is 55.6 cm³/mol. The number of carbonyl (C=O) groups excluding carboxylic acids is 1. The van der Waals surface area contributed by atoms with Crippen molar-refractivity contribution in [1.29, 1.82) is 0 Å². The number of rotatable bonds is 4. The SMILES string of the molecule is CC(C(=O)O)N(C)C(=O)NCC1CCC1. The number of carboxylic acids is 1. The molecule has 5 nitrogen and oxygen atoms in total. The van der Waals surface area contributed by atoms with Crippen LogP contribution >= 0.6 is 0 Å². The fourth-order valence-electron chi connectivity index (χ4n) is 1.39. The van der Waals surface area contributed by atoms with Crippen LogP contribution in [-0.2, 0) is 4.79 Å². The van der Waals surface area contributed by atoms with E-state index in [2.05, 4.69) is 5.32 Å². The zero-order chi connectivity index (χ0) is 11.4. The van der Waals surface area contributed by atoms with Crippen LogP contribution in [0.2, 0.25) is 0 Å². The number of likely N-dealkylation sites (N-methyl/N-ethyl adjacent to an activating group) is 1. The fourth-order valence-corrected chi connectivity index (χ4v) is 1.39. The summed E-state index contributed by atoms with van der Waals surface area (Å²) in [4.78, 5) is 23.3. The minimum atomic E-state index is -0.990. The van der Waals surface area contributed by atoms with Crippen LogP contribution in [0.1, 0.15) is 26.2 Å². The molecule has 2 amide bonds. The number of amides is 2. The number of carbonyl (C=O) groups is 2. The molecule has 15 heavy (non-hydrogen) atoms. The van der Waals surface area contributed by atoms with Gasteiger partial charge in [0, 0.05) is 13.6 Å². The van der Waals surface area contributed by atoms with Crippen molar-refractivity contribution < 1.29 is 14.7 Å². The summed E-state index contributed by atoms with van der Waals surface area (Å²) in [5.41, 5.74) is 0. The molecule has 0 heterocycles. The number of hydrogen-bond acceptors (Lipinski definition) is 2. The lowest BCUT2D eigenvalue weighted by molar-refractivity contribution is -0.141. The Morgan fingerprint density at radius 1 is 1.53 bits per heavy atom. The van der Waals surface area contributed by atoms with Crippen molar-refractivity contribution in [2.75, 3.05) is 13.6 Å². The zero-order valence-corrected chi connectivity index (χ0v) is 9.19. The molecule has 2 N–H and O–H groups in total. The van der Waals surface area contributed by atoms with E-state index in [1.807, 2.05) is 0 Å². The lowest BCUT2D eigenvalue weighted by Crippen LogP contribution is -2.47. The monoisotopic (exact) mass is 214 g/mol. The summed E-state index contributed by atoms with van der Waals surface area (Å²) in [6, 6.07) is -1.09. The molecule has 5 heteroatoms. The summed E-state index contributed by atoms with van der Waals surface area (Å²) in [7, 11) is 1.49. The Balaban J connectivity index is 2.28. The third kappa shape index (κ3) is 3.11. The highest BCUT2D eigenvalue weighted by Gasteiger charge is 2.23. The molecule has 1 saturated carbocycles. The Hall–Kier alpha value is -1.26. The Morgan fingerprint density at radius 3 is 2.53 bits per heavy atom. The maximum Gasteiger partial charge on any atom is 0.326 e. The molecule has 0 radical (unpaired) electrons. The molecule has 0 bridgehead atoms. The average Bonchev–Trinajstić information content (AvgIpc) is 2.12. The summed E-state index contributed by atoms with van der Waals surface area (Å²) in [5, 5.41) is 11.5. The van der Waals surface area contributed by atoms with Crippen LogP contribution in [0.3, 0.4) is 0 Å². The van der Waals surface area contributed by atoms with Gasteiger partial charge in [-0.05, 0) is 25.7 Å². The maximum absolute atomic E-state index is 11.5. The molecular formula is C10H18N2O3. The largest absolute Gasteiger partial charge is 0.480 e. The van der Waals surface area contributed by atoms with Crippen LogP contribution in [0.4, 0.5) is 4.79 Å². The van der Waals surface area contributed by atoms with Crippen molar-refractivity contribution in [3.05, 3.63) is 0 Å². The standard InChI is InChI=1S/C10H18N2O3/c1-7(9(13)14)12(2)10(15)11-6-8-4-3-5-8/h7-8H,3-6H2,1-2H3,(H,11,15)(H,13,14). The molecule has 1 rings (SSSR count). The molecule has 0 aromatic heterocycles. The first-order valence-electron chi connectivity index (χ1n) is 5.26. The summed E-state index contributed by atoms with van der Waals surface area (Å²) in [5.74, 6) is -0.404. The van der Waals surface area contributed by atoms with Gasteiger partial charge in [-0.15, -0.1) is 0 Å². The van der Waals surface area contributed by atoms with Gasteiger partial charge in [0.2, 0.25) is 0 Å². The van der Waals surface area contributed by atoms with E-state index in [9.17, 15) is 9.59 Å². The summed E-state index contributed by atoms with van der Waals surface area (Å²) in [6.45, 7) is 2.15. The highest BCUT2D eigenvalue weighted by Crippen LogP contribution is 2.25. The van der Waals surface area contributed by atoms with Gasteiger partial charge in [0.05, 0.1) is 0 Å². The van der Waals surface area contributed by atoms with E-state index < -0.39 is 12.0 Å². The minimum Gasteiger partial charge on any atom is -0.480 e. The molecule has 0 aliphatic heterocycles. The van der Waals surface area contributed by atoms with Gasteiger partial charge in [0.15, 0.2) is 0 Å². The molecule has 1 aliphatic carbocycles. The second-order valence-corrected chi connectivity index (χ2v) is 4.11. The highest BCUT2D eigenvalue weighted by molar-refractivity contribution is 5.82. The molecule has 1 unspecified atom stereocenters. The third-order valence-electron chi connectivity index (χ3n) is 3.03. The van der Waals surface area contributed by atoms with Crippen molar-refractivity contribution in [2.24, 2.45) is 5.92 Å². The fraction of sp³-hybridized carbons (Fsp3) is 0.800. The van der Waals surface area contributed by atoms with E-state index in [0.29, 0.717) is 12.5 Å². The van der Waals surface area contributed by atoms with Gasteiger partial charge < -0.3 is 15.3 Å². The van der Waals surface area contributed by atoms with Crippen LogP contribution in [0.25, 0.3) is 0 Å². The Bertz CT molecular complexity index is 251. The van der Waals surface area contributed by atoms with E-state index in [1.165, 1.54) is 38.1 Å². The van der Waals surface area contributed by atoms with Crippen molar-refractivity contribution >= 4 is 12.0 Å². The quantitative estimate of drug-likeness (QED) is 0.730. The summed E-state index contributed by atoms with van der Waals surface area (Å²) in [6.07, 6.45) is 3.57. The van der Waals surface area contributed by atoms with Gasteiger partial charge in [-0.3, -0.25) is 0 Å². The topological polar surface area (TPSA) is 69.6 Å². The normalized spacial score (nSPS) is 17.7. The lowest BCUT2D eigenvalue weighted by Gasteiger charge is -2.28. The molecule has 1 aliphatic rings. The number of nitrogens with one attached hydrogen (secondary N) is 1. The number of aliphatic carboxylic acids is 1. The Labute approximate surface area is 89.4 Å². The first-order valence-corrected chi connectivity index (χ1v) is 5.26. The number of urea groups is 1. The zero-order valence-electron chi connectivity index (χ0n) is 9.19. The van der Waals surface area contributed by atoms with Crippen LogP contribution < -0.4 is 5.32 Å². The van der Waals surface area contributed by atoms with Gasteiger partial charge in [-0.1, -0.05) is 6.42 Å². The van der Waals surface area contributed by atoms with Gasteiger partial charge in [0.25, 0.3) is 0 Å². The molecule has 0 aromatic rings. The molecule has 0 spiro atoms. The van der Waals surface area contributed by atoms with Crippen LogP contribution in [0, 0.1) is 5.92 Å². The van der Waals surface area contributed by atoms with Crippen LogP contribution in [0.5, 0.6) is 0 Å². The van der Waals surface area contributed by atoms with Gasteiger partial charge >= 0.3 is 12.0 Å². The first kappa shape index (κ1) is 11.8. The summed E-state index contributed by atoms with van der Waals surface area (Å²) < 4.78 is 0. The van der Waals surface area contributed by atoms with E-state index >= 15 is 0 Å². The number of carboxylic acid groups (broad SMARTS) is 1. The van der Waals surface area contributed by atoms with Crippen LogP contribution in [-0.4, -0.2) is 41.6 Å². The molecule has 1 atom stereocenters. The van der Waals surface area contributed by atoms with Crippen LogP contribution in [0.15, 0.2) is 0 Å². The average molecular weight is 214 g/mol. The Morgan fingerprint density at radius 2 is 2.13 bits per heavy atom. The predicted octanol–water partition coefficient (Wildman–Crippen LogP) is 0.901. The van der Waals surface area contributed by atoms with E-state index in [-0.39, 0.29) is 6.03 Å². The van der Waals surface area contributed by atoms with Crippen molar-refractivity contribution in [1.82, 2.24) is 10.2 Å². The van der Waals surface area contributed by atoms with E-state index in [4.69, 9.17) is 5.11 Å². The maximum atomic E-state index is 11.5. The van der Waals surface area contributed by atoms with Gasteiger partial charge in [0.1, 0.15) is 6.04 Å². The summed E-state index contributed by atoms with van der Waals surface area (Å²) >= 11 is 0. The number of hydrogen-bond donors (Lipinski definition) is 2. The second kappa shape index (κ2) is 5.00. The second-order valence-electron chi connectivity index (χ2n) is 4.11. The van der Waals surface area contributed by atoms with Crippen molar-refractivity contribution in [3.63, 3.8) is 0 Å². The van der Waals surface area contributed by atoms with Gasteiger partial charge in [-0.2, -0.15) is 0 Å².